The molecule has 0 aliphatic heterocycles. The number of hydrogen-bond acceptors (Lipinski definition) is 3. The molecular formula is C17H15N3O3. The van der Waals surface area contributed by atoms with Gasteiger partial charge in [-0.3, -0.25) is 9.59 Å². The van der Waals surface area contributed by atoms with Crippen LogP contribution in [0.15, 0.2) is 54.6 Å². The highest BCUT2D eigenvalue weighted by molar-refractivity contribution is 6.06. The first-order valence-corrected chi connectivity index (χ1v) is 7.02. The summed E-state index contributed by atoms with van der Waals surface area (Å²) >= 11 is 0. The predicted octanol–water partition coefficient (Wildman–Crippen LogP) is 2.28. The standard InChI is InChI=1S/C17H15N3O3/c18-16(21)10-23-13-6-3-5-12(9-13)19-17(22)15-8-11-4-1-2-7-14(11)20-15/h1-9,20H,10H2,(H2,18,21)(H,19,22). The number of H-pyrrole nitrogens is 1. The van der Waals surface area contributed by atoms with Gasteiger partial charge in [0.1, 0.15) is 11.4 Å². The van der Waals surface area contributed by atoms with Gasteiger partial charge in [0.15, 0.2) is 6.61 Å². The minimum absolute atomic E-state index is 0.209. The van der Waals surface area contributed by atoms with Crippen molar-refractivity contribution in [2.24, 2.45) is 5.73 Å². The minimum Gasteiger partial charge on any atom is -0.484 e. The lowest BCUT2D eigenvalue weighted by molar-refractivity contribution is -0.119. The lowest BCUT2D eigenvalue weighted by atomic mass is 10.2. The van der Waals surface area contributed by atoms with E-state index in [1.165, 1.54) is 0 Å². The zero-order valence-corrected chi connectivity index (χ0v) is 12.2. The molecule has 0 fully saturated rings. The summed E-state index contributed by atoms with van der Waals surface area (Å²) < 4.78 is 5.21. The third-order valence-electron chi connectivity index (χ3n) is 3.25. The van der Waals surface area contributed by atoms with E-state index >= 15 is 0 Å². The molecule has 3 aromatic rings. The number of aromatic amines is 1. The zero-order chi connectivity index (χ0) is 16.2. The van der Waals surface area contributed by atoms with E-state index in [2.05, 4.69) is 10.3 Å². The number of ether oxygens (including phenoxy) is 1. The highest BCUT2D eigenvalue weighted by Gasteiger charge is 2.10. The quantitative estimate of drug-likeness (QED) is 0.674. The van der Waals surface area contributed by atoms with E-state index in [1.54, 1.807) is 30.3 Å². The molecule has 0 saturated heterocycles. The summed E-state index contributed by atoms with van der Waals surface area (Å²) in [4.78, 5) is 26.1. The van der Waals surface area contributed by atoms with Gasteiger partial charge in [-0.05, 0) is 24.3 Å². The van der Waals surface area contributed by atoms with Crippen LogP contribution in [-0.4, -0.2) is 23.4 Å². The largest absolute Gasteiger partial charge is 0.484 e. The summed E-state index contributed by atoms with van der Waals surface area (Å²) in [7, 11) is 0. The van der Waals surface area contributed by atoms with Crippen molar-refractivity contribution in [2.75, 3.05) is 11.9 Å². The van der Waals surface area contributed by atoms with Gasteiger partial charge in [0.2, 0.25) is 0 Å². The summed E-state index contributed by atoms with van der Waals surface area (Å²) in [5.41, 5.74) is 6.97. The smallest absolute Gasteiger partial charge is 0.272 e. The second kappa shape index (κ2) is 6.23. The summed E-state index contributed by atoms with van der Waals surface area (Å²) in [6, 6.07) is 16.2. The van der Waals surface area contributed by atoms with Crippen LogP contribution in [0.25, 0.3) is 10.9 Å². The number of fused-ring (bicyclic) bond motifs is 1. The first kappa shape index (κ1) is 14.6. The van der Waals surface area contributed by atoms with Gasteiger partial charge in [-0.1, -0.05) is 24.3 Å². The van der Waals surface area contributed by atoms with E-state index in [9.17, 15) is 9.59 Å². The minimum atomic E-state index is -0.558. The van der Waals surface area contributed by atoms with Crippen molar-refractivity contribution in [3.8, 4) is 5.75 Å². The van der Waals surface area contributed by atoms with Gasteiger partial charge in [0.05, 0.1) is 0 Å². The molecule has 6 nitrogen and oxygen atoms in total. The van der Waals surface area contributed by atoms with Crippen molar-refractivity contribution < 1.29 is 14.3 Å². The van der Waals surface area contributed by atoms with Crippen LogP contribution in [0.3, 0.4) is 0 Å². The molecule has 23 heavy (non-hydrogen) atoms. The fourth-order valence-corrected chi connectivity index (χ4v) is 2.21. The van der Waals surface area contributed by atoms with E-state index in [-0.39, 0.29) is 12.5 Å². The number of aromatic nitrogens is 1. The Balaban J connectivity index is 1.74. The van der Waals surface area contributed by atoms with Crippen molar-refractivity contribution in [1.29, 1.82) is 0 Å². The Hall–Kier alpha value is -3.28. The van der Waals surface area contributed by atoms with Crippen molar-refractivity contribution in [1.82, 2.24) is 4.98 Å². The molecule has 116 valence electrons. The first-order chi connectivity index (χ1) is 11.1. The van der Waals surface area contributed by atoms with Crippen LogP contribution in [0, 0.1) is 0 Å². The van der Waals surface area contributed by atoms with Crippen LogP contribution in [0.5, 0.6) is 5.75 Å². The molecule has 0 atom stereocenters. The molecule has 1 heterocycles. The van der Waals surface area contributed by atoms with Gasteiger partial charge in [-0.15, -0.1) is 0 Å². The first-order valence-electron chi connectivity index (χ1n) is 7.02. The maximum Gasteiger partial charge on any atom is 0.272 e. The summed E-state index contributed by atoms with van der Waals surface area (Å²) in [5.74, 6) is -0.357. The van der Waals surface area contributed by atoms with Crippen LogP contribution >= 0.6 is 0 Å². The topological polar surface area (TPSA) is 97.2 Å². The van der Waals surface area contributed by atoms with E-state index < -0.39 is 5.91 Å². The Morgan fingerprint density at radius 3 is 2.70 bits per heavy atom. The molecule has 0 aliphatic carbocycles. The summed E-state index contributed by atoms with van der Waals surface area (Å²) in [5, 5.41) is 3.75. The third-order valence-corrected chi connectivity index (χ3v) is 3.25. The second-order valence-corrected chi connectivity index (χ2v) is 5.01. The third kappa shape index (κ3) is 3.49. The van der Waals surface area contributed by atoms with Crippen molar-refractivity contribution in [2.45, 2.75) is 0 Å². The number of benzene rings is 2. The van der Waals surface area contributed by atoms with Crippen molar-refractivity contribution in [3.63, 3.8) is 0 Å². The van der Waals surface area contributed by atoms with Crippen molar-refractivity contribution in [3.05, 3.63) is 60.3 Å². The number of primary amides is 1. The van der Waals surface area contributed by atoms with Gasteiger partial charge in [-0.25, -0.2) is 0 Å². The Labute approximate surface area is 132 Å². The molecular weight excluding hydrogens is 294 g/mol. The van der Waals surface area contributed by atoms with Crippen LogP contribution in [-0.2, 0) is 4.79 Å². The molecule has 0 aliphatic rings. The number of carbonyl (C=O) groups is 2. The number of anilines is 1. The second-order valence-electron chi connectivity index (χ2n) is 5.01. The predicted molar refractivity (Wildman–Crippen MR) is 87.4 cm³/mol. The Bertz CT molecular complexity index is 837. The number of carbonyl (C=O) groups excluding carboxylic acids is 2. The Morgan fingerprint density at radius 1 is 1.09 bits per heavy atom. The number of rotatable bonds is 5. The molecule has 2 aromatic carbocycles. The maximum atomic E-state index is 12.3. The normalized spacial score (nSPS) is 10.4. The maximum absolute atomic E-state index is 12.3. The van der Waals surface area contributed by atoms with Gasteiger partial charge < -0.3 is 20.8 Å². The average molecular weight is 309 g/mol. The number of nitrogens with two attached hydrogens (primary N) is 1. The van der Waals surface area contributed by atoms with E-state index in [4.69, 9.17) is 10.5 Å². The van der Waals surface area contributed by atoms with Gasteiger partial charge >= 0.3 is 0 Å². The SMILES string of the molecule is NC(=O)COc1cccc(NC(=O)c2cc3ccccc3[nH]2)c1. The van der Waals surface area contributed by atoms with E-state index in [1.807, 2.05) is 24.3 Å². The summed E-state index contributed by atoms with van der Waals surface area (Å²) in [6.45, 7) is -0.209. The summed E-state index contributed by atoms with van der Waals surface area (Å²) in [6.07, 6.45) is 0. The lowest BCUT2D eigenvalue weighted by Gasteiger charge is -2.07. The van der Waals surface area contributed by atoms with Gasteiger partial charge in [0.25, 0.3) is 11.8 Å². The molecule has 0 unspecified atom stereocenters. The molecule has 0 bridgehead atoms. The monoisotopic (exact) mass is 309 g/mol. The fraction of sp³-hybridized carbons (Fsp3) is 0.0588. The van der Waals surface area contributed by atoms with Gasteiger partial charge in [0, 0.05) is 22.7 Å². The zero-order valence-electron chi connectivity index (χ0n) is 12.2. The number of hydrogen-bond donors (Lipinski definition) is 3. The van der Waals surface area contributed by atoms with Crippen LogP contribution in [0.1, 0.15) is 10.5 Å². The molecule has 0 radical (unpaired) electrons. The fourth-order valence-electron chi connectivity index (χ4n) is 2.21. The van der Waals surface area contributed by atoms with E-state index in [0.717, 1.165) is 10.9 Å². The van der Waals surface area contributed by atoms with E-state index in [0.29, 0.717) is 17.1 Å². The molecule has 4 N–H and O–H groups in total. The average Bonchev–Trinajstić information content (AvgIpc) is 2.97. The Morgan fingerprint density at radius 2 is 1.91 bits per heavy atom. The molecule has 0 saturated carbocycles. The number of amides is 2. The van der Waals surface area contributed by atoms with Crippen molar-refractivity contribution >= 4 is 28.4 Å². The lowest BCUT2D eigenvalue weighted by Crippen LogP contribution is -2.20. The van der Waals surface area contributed by atoms with Crippen LogP contribution in [0.2, 0.25) is 0 Å². The molecule has 3 rings (SSSR count). The van der Waals surface area contributed by atoms with Crippen LogP contribution in [0.4, 0.5) is 5.69 Å². The van der Waals surface area contributed by atoms with Crippen LogP contribution < -0.4 is 15.8 Å². The molecule has 0 spiro atoms. The molecule has 6 heteroatoms. The highest BCUT2D eigenvalue weighted by Crippen LogP contribution is 2.19. The number of para-hydroxylation sites is 1. The molecule has 2 amide bonds. The Kier molecular flexibility index (Phi) is 3.97. The highest BCUT2D eigenvalue weighted by atomic mass is 16.5. The van der Waals surface area contributed by atoms with Gasteiger partial charge in [-0.2, -0.15) is 0 Å². The molecule has 1 aromatic heterocycles. The number of nitrogens with one attached hydrogen (secondary N) is 2.